The van der Waals surface area contributed by atoms with Crippen molar-refractivity contribution in [2.75, 3.05) is 52.7 Å². The van der Waals surface area contributed by atoms with Crippen molar-refractivity contribution >= 4 is 31.5 Å². The second kappa shape index (κ2) is 76.3. The number of phosphoric acid groups is 1. The number of phosphoric ester groups is 1. The number of carboxylic acids is 1. The highest BCUT2D eigenvalue weighted by Gasteiger charge is 2.51. The van der Waals surface area contributed by atoms with Gasteiger partial charge in [0.1, 0.15) is 18.2 Å². The van der Waals surface area contributed by atoms with Gasteiger partial charge >= 0.3 is 13.8 Å². The number of ether oxygens (including phenoxy) is 5. The van der Waals surface area contributed by atoms with Crippen LogP contribution < -0.4 is 16.0 Å². The van der Waals surface area contributed by atoms with E-state index in [0.29, 0.717) is 39.1 Å². The second-order valence-corrected chi connectivity index (χ2v) is 32.4. The summed E-state index contributed by atoms with van der Waals surface area (Å²) in [4.78, 5) is 80.3. The number of nitrogens with zero attached hydrogens (tertiary/aromatic N) is 1. The van der Waals surface area contributed by atoms with E-state index >= 15 is 0 Å². The largest absolute Gasteiger partial charge is 0.480 e. The molecule has 1 aliphatic rings. The SMILES string of the molecule is CCCCCCCCCCC[C@H](CC(=O)N[C@H]1[C@H](OC[C@H](NC(=O)C[C@@H](CCCCCCCCCCC)OCCCCCCCCCC)C(=O)O)O[C@H](CO)[C@@H](OP(=O)(O)O)[C@H]1NC(=O)C[C@@H](CCCCCCCCCCC)OCCCCCCCCCC)OCCCCCCCCCC.CCN(CC)CC. The summed E-state index contributed by atoms with van der Waals surface area (Å²) in [7, 11) is -5.40. The van der Waals surface area contributed by atoms with Crippen molar-refractivity contribution in [1.29, 1.82) is 0 Å². The van der Waals surface area contributed by atoms with Crippen LogP contribution in [0.2, 0.25) is 0 Å². The van der Waals surface area contributed by atoms with Crippen LogP contribution in [0.5, 0.6) is 0 Å². The second-order valence-electron chi connectivity index (χ2n) is 31.3. The Morgan fingerprint density at radius 2 is 0.664 bits per heavy atom. The van der Waals surface area contributed by atoms with Gasteiger partial charge in [0.2, 0.25) is 17.7 Å². The van der Waals surface area contributed by atoms with E-state index < -0.39 is 99.7 Å². The van der Waals surface area contributed by atoms with E-state index in [4.69, 9.17) is 28.2 Å². The van der Waals surface area contributed by atoms with E-state index in [-0.39, 0.29) is 19.3 Å². The molecule has 9 atom stereocenters. The van der Waals surface area contributed by atoms with Gasteiger partial charge in [-0.25, -0.2) is 9.36 Å². The van der Waals surface area contributed by atoms with Crippen molar-refractivity contribution in [3.63, 3.8) is 0 Å². The van der Waals surface area contributed by atoms with E-state index in [1.54, 1.807) is 0 Å². The molecule has 1 aliphatic heterocycles. The molecule has 107 heavy (non-hydrogen) atoms. The van der Waals surface area contributed by atoms with E-state index in [1.807, 2.05) is 0 Å². The van der Waals surface area contributed by atoms with Gasteiger partial charge in [0, 0.05) is 19.8 Å². The molecule has 0 aromatic heterocycles. The van der Waals surface area contributed by atoms with Gasteiger partial charge in [-0.3, -0.25) is 18.9 Å². The first kappa shape index (κ1) is 105. The van der Waals surface area contributed by atoms with Crippen molar-refractivity contribution in [1.82, 2.24) is 20.9 Å². The standard InChI is InChI=1S/C81H158N3O15P.C6H15N/c1-7-13-19-25-31-37-40-46-52-58-69(94-61-55-49-43-34-28-22-16-10-4)64-74(86)82-72(80(89)90)68-97-81-78(84-76(88)66-71(60-54-48-42-39-33-27-21-15-9-3)96-63-57-51-45-36-30-24-18-12-6)77(79(73(67-85)98-81)99-100(91,92)93)83-75(87)65-70(59-53-47-41-38-32-26-20-14-8-2)95-62-56-50-44-35-29-23-17-11-5;1-4-7(5-2)6-3/h69-73,77-79,81,85H,7-68H2,1-6H3,(H,82,86)(H,83,87)(H,84,88)(H,89,90)(H2,91,92,93);4-6H2,1-3H3/t69-,70-,71-,72+,73-,77+,78-,79-,81-;/m1./s1. The fraction of sp³-hybridized carbons (Fsp3) is 0.954. The fourth-order valence-electron chi connectivity index (χ4n) is 14.5. The Morgan fingerprint density at radius 1 is 0.393 bits per heavy atom. The molecule has 3 amide bonds. The molecule has 0 unspecified atom stereocenters. The number of nitrogens with one attached hydrogen (secondary N) is 3. The summed E-state index contributed by atoms with van der Waals surface area (Å²) < 4.78 is 50.6. The summed E-state index contributed by atoms with van der Waals surface area (Å²) in [5, 5.41) is 30.4. The monoisotopic (exact) mass is 1550 g/mol. The van der Waals surface area contributed by atoms with Gasteiger partial charge in [-0.05, 0) is 58.2 Å². The van der Waals surface area contributed by atoms with Crippen LogP contribution in [0.15, 0.2) is 0 Å². The van der Waals surface area contributed by atoms with Crippen molar-refractivity contribution in [3.05, 3.63) is 0 Å². The normalized spacial score (nSPS) is 17.2. The average molecular weight is 1550 g/mol. The number of amides is 3. The van der Waals surface area contributed by atoms with E-state index in [2.05, 4.69) is 83.2 Å². The minimum atomic E-state index is -5.40. The van der Waals surface area contributed by atoms with Crippen molar-refractivity contribution < 1.29 is 72.0 Å². The zero-order valence-corrected chi connectivity index (χ0v) is 71.7. The first-order valence-electron chi connectivity index (χ1n) is 45.3. The Balaban J connectivity index is 0.0000152. The molecule has 0 aromatic rings. The third kappa shape index (κ3) is 63.8. The number of aliphatic carboxylic acids is 1. The lowest BCUT2D eigenvalue weighted by Gasteiger charge is -2.46. The van der Waals surface area contributed by atoms with Crippen LogP contribution in [0, 0.1) is 0 Å². The Hall–Kier alpha value is -2.29. The Labute approximate surface area is 657 Å². The van der Waals surface area contributed by atoms with Crippen LogP contribution in [-0.2, 0) is 52.0 Å². The summed E-state index contributed by atoms with van der Waals surface area (Å²) in [5.74, 6) is -3.01. The maximum absolute atomic E-state index is 14.9. The highest BCUT2D eigenvalue weighted by atomic mass is 31.2. The van der Waals surface area contributed by atoms with Gasteiger partial charge in [0.15, 0.2) is 12.3 Å². The molecule has 0 bridgehead atoms. The number of unbranched alkanes of at least 4 members (excludes halogenated alkanes) is 45. The molecule has 1 rings (SSSR count). The van der Waals surface area contributed by atoms with Gasteiger partial charge < -0.3 is 64.5 Å². The molecular formula is C87H173N4O15P. The zero-order valence-electron chi connectivity index (χ0n) is 70.8. The van der Waals surface area contributed by atoms with E-state index in [1.165, 1.54) is 206 Å². The van der Waals surface area contributed by atoms with Crippen molar-refractivity contribution in [2.45, 2.75) is 483 Å². The van der Waals surface area contributed by atoms with Crippen LogP contribution in [0.1, 0.15) is 428 Å². The van der Waals surface area contributed by atoms with Gasteiger partial charge in [-0.2, -0.15) is 0 Å². The summed E-state index contributed by atoms with van der Waals surface area (Å²) in [5.41, 5.74) is 0. The van der Waals surface area contributed by atoms with Gasteiger partial charge in [-0.1, -0.05) is 371 Å². The third-order valence-electron chi connectivity index (χ3n) is 21.4. The van der Waals surface area contributed by atoms with E-state index in [9.17, 15) is 43.7 Å². The molecule has 7 N–H and O–H groups in total. The minimum Gasteiger partial charge on any atom is -0.480 e. The average Bonchev–Trinajstić information content (AvgIpc) is 0.780. The van der Waals surface area contributed by atoms with Gasteiger partial charge in [-0.15, -0.1) is 0 Å². The third-order valence-corrected chi connectivity index (χ3v) is 21.9. The molecule has 0 aliphatic carbocycles. The van der Waals surface area contributed by atoms with Crippen LogP contribution in [0.25, 0.3) is 0 Å². The topological polar surface area (TPSA) is 261 Å². The lowest BCUT2D eigenvalue weighted by molar-refractivity contribution is -0.249. The smallest absolute Gasteiger partial charge is 0.470 e. The molecule has 636 valence electrons. The van der Waals surface area contributed by atoms with E-state index in [0.717, 1.165) is 141 Å². The van der Waals surface area contributed by atoms with Crippen molar-refractivity contribution in [2.24, 2.45) is 0 Å². The van der Waals surface area contributed by atoms with Crippen LogP contribution in [0.3, 0.4) is 0 Å². The maximum Gasteiger partial charge on any atom is 0.470 e. The van der Waals surface area contributed by atoms with Gasteiger partial charge in [0.05, 0.1) is 56.8 Å². The number of carbonyl (C=O) groups excluding carboxylic acids is 3. The Bertz CT molecular complexity index is 1950. The summed E-state index contributed by atoms with van der Waals surface area (Å²) in [6, 6.07) is -4.60. The molecule has 0 aromatic carbocycles. The lowest BCUT2D eigenvalue weighted by atomic mass is 9.93. The van der Waals surface area contributed by atoms with Crippen LogP contribution in [0.4, 0.5) is 0 Å². The quantitative estimate of drug-likeness (QED) is 0.0221. The molecule has 1 heterocycles. The molecular weight excluding hydrogens is 1370 g/mol. The number of aliphatic hydroxyl groups is 1. The molecule has 19 nitrogen and oxygen atoms in total. The summed E-state index contributed by atoms with van der Waals surface area (Å²) in [6.45, 7) is 23.3. The zero-order chi connectivity index (χ0) is 78.9. The highest BCUT2D eigenvalue weighted by molar-refractivity contribution is 7.46. The first-order chi connectivity index (χ1) is 52.0. The fourth-order valence-corrected chi connectivity index (χ4v) is 15.1. The molecule has 20 heteroatoms. The predicted molar refractivity (Wildman–Crippen MR) is 442 cm³/mol. The number of aliphatic hydroxyl groups excluding tert-OH is 1. The molecule has 0 saturated carbocycles. The number of rotatable bonds is 79. The number of carbonyl (C=O) groups is 4. The highest BCUT2D eigenvalue weighted by Crippen LogP contribution is 2.42. The maximum atomic E-state index is 14.9. The Kier molecular flexibility index (Phi) is 74.7. The van der Waals surface area contributed by atoms with Crippen LogP contribution >= 0.6 is 7.82 Å². The lowest BCUT2D eigenvalue weighted by Crippen LogP contribution is -2.70. The summed E-state index contributed by atoms with van der Waals surface area (Å²) in [6.07, 6.45) is 52.9. The predicted octanol–water partition coefficient (Wildman–Crippen LogP) is 21.6. The first-order valence-corrected chi connectivity index (χ1v) is 46.8. The van der Waals surface area contributed by atoms with Gasteiger partial charge in [0.25, 0.3) is 0 Å². The molecule has 0 radical (unpaired) electrons. The van der Waals surface area contributed by atoms with Crippen LogP contribution in [-0.4, -0.2) is 156 Å². The minimum absolute atomic E-state index is 0.0667. The molecule has 1 saturated heterocycles. The number of carboxylic acid groups (broad SMARTS) is 1. The van der Waals surface area contributed by atoms with Crippen molar-refractivity contribution in [3.8, 4) is 0 Å². The number of hydrogen-bond donors (Lipinski definition) is 7. The Morgan fingerprint density at radius 3 is 0.925 bits per heavy atom. The number of hydrogen-bond acceptors (Lipinski definition) is 13. The molecule has 1 fully saturated rings. The summed E-state index contributed by atoms with van der Waals surface area (Å²) >= 11 is 0. The molecule has 0 spiro atoms.